The molecule has 3 heterocycles. The second kappa shape index (κ2) is 8.94. The zero-order chi connectivity index (χ0) is 22.8. The predicted molar refractivity (Wildman–Crippen MR) is 120 cm³/mol. The number of nitrogens with zero attached hydrogens (tertiary/aromatic N) is 5. The average Bonchev–Trinajstić information content (AvgIpc) is 3.05. The molecule has 8 nitrogen and oxygen atoms in total. The van der Waals surface area contributed by atoms with Gasteiger partial charge in [0.15, 0.2) is 0 Å². The van der Waals surface area contributed by atoms with E-state index in [1.54, 1.807) is 23.7 Å². The van der Waals surface area contributed by atoms with Crippen molar-refractivity contribution in [3.8, 4) is 5.95 Å². The molecular weight excluding hydrogens is 411 g/mol. The van der Waals surface area contributed by atoms with Crippen LogP contribution in [0.25, 0.3) is 5.95 Å². The number of H-pyrrole nitrogens is 1. The highest BCUT2D eigenvalue weighted by molar-refractivity contribution is 5.77. The summed E-state index contributed by atoms with van der Waals surface area (Å²) < 4.78 is 15.7. The van der Waals surface area contributed by atoms with Crippen molar-refractivity contribution >= 4 is 11.6 Å². The van der Waals surface area contributed by atoms with Crippen molar-refractivity contribution in [3.63, 3.8) is 0 Å². The number of piperazine rings is 1. The number of hydrogen-bond donors (Lipinski definition) is 1. The van der Waals surface area contributed by atoms with Crippen LogP contribution in [-0.4, -0.2) is 56.7 Å². The van der Waals surface area contributed by atoms with Crippen LogP contribution in [0.3, 0.4) is 0 Å². The van der Waals surface area contributed by atoms with Crippen molar-refractivity contribution < 1.29 is 9.18 Å². The van der Waals surface area contributed by atoms with Gasteiger partial charge < -0.3 is 9.80 Å². The fraction of sp³-hybridized carbons (Fsp3) is 0.391. The van der Waals surface area contributed by atoms with Gasteiger partial charge in [-0.3, -0.25) is 14.6 Å². The third kappa shape index (κ3) is 4.42. The largest absolute Gasteiger partial charge is 0.366 e. The van der Waals surface area contributed by atoms with E-state index in [2.05, 4.69) is 15.1 Å². The van der Waals surface area contributed by atoms with Crippen LogP contribution >= 0.6 is 0 Å². The quantitative estimate of drug-likeness (QED) is 0.661. The first-order valence-electron chi connectivity index (χ1n) is 10.7. The van der Waals surface area contributed by atoms with E-state index in [1.165, 1.54) is 12.1 Å². The molecule has 0 radical (unpaired) electrons. The maximum atomic E-state index is 14.0. The third-order valence-electron chi connectivity index (χ3n) is 5.91. The fourth-order valence-electron chi connectivity index (χ4n) is 4.20. The molecular formula is C23H27FN6O2. The summed E-state index contributed by atoms with van der Waals surface area (Å²) in [6.07, 6.45) is 0.922. The molecule has 168 valence electrons. The fourth-order valence-corrected chi connectivity index (χ4v) is 4.20. The van der Waals surface area contributed by atoms with E-state index in [0.717, 1.165) is 17.0 Å². The average molecular weight is 439 g/mol. The highest BCUT2D eigenvalue weighted by Gasteiger charge is 2.23. The van der Waals surface area contributed by atoms with Crippen molar-refractivity contribution in [2.45, 2.75) is 33.6 Å². The van der Waals surface area contributed by atoms with Crippen LogP contribution in [-0.2, 0) is 11.2 Å². The van der Waals surface area contributed by atoms with E-state index >= 15 is 0 Å². The Hall–Kier alpha value is -3.49. The van der Waals surface area contributed by atoms with Gasteiger partial charge in [-0.2, -0.15) is 5.10 Å². The summed E-state index contributed by atoms with van der Waals surface area (Å²) in [5.41, 5.74) is 3.61. The summed E-state index contributed by atoms with van der Waals surface area (Å²) in [5.74, 6) is 0.212. The van der Waals surface area contributed by atoms with Crippen molar-refractivity contribution in [2.75, 3.05) is 31.1 Å². The first kappa shape index (κ1) is 21.7. The minimum Gasteiger partial charge on any atom is -0.366 e. The summed E-state index contributed by atoms with van der Waals surface area (Å²) in [4.78, 5) is 35.5. The van der Waals surface area contributed by atoms with Gasteiger partial charge in [-0.05, 0) is 44.9 Å². The van der Waals surface area contributed by atoms with Gasteiger partial charge in [-0.1, -0.05) is 12.1 Å². The number of halogens is 1. The Kier molecular flexibility index (Phi) is 6.07. The minimum absolute atomic E-state index is 0.0758. The second-order valence-electron chi connectivity index (χ2n) is 8.09. The van der Waals surface area contributed by atoms with Crippen LogP contribution in [0.5, 0.6) is 0 Å². The summed E-state index contributed by atoms with van der Waals surface area (Å²) in [6.45, 7) is 7.91. The number of aromatic nitrogens is 4. The molecule has 1 N–H and O–H groups in total. The minimum atomic E-state index is -0.236. The number of rotatable bonds is 5. The smallest absolute Gasteiger partial charge is 0.252 e. The van der Waals surface area contributed by atoms with Crippen molar-refractivity contribution in [2.24, 2.45) is 0 Å². The second-order valence-corrected chi connectivity index (χ2v) is 8.09. The number of para-hydroxylation sites is 1. The number of amides is 1. The Bertz CT molecular complexity index is 1190. The van der Waals surface area contributed by atoms with Gasteiger partial charge in [-0.15, -0.1) is 0 Å². The van der Waals surface area contributed by atoms with E-state index in [1.807, 2.05) is 29.7 Å². The maximum absolute atomic E-state index is 14.0. The molecule has 0 unspecified atom stereocenters. The molecule has 4 rings (SSSR count). The molecule has 0 aliphatic carbocycles. The highest BCUT2D eigenvalue weighted by Crippen LogP contribution is 2.21. The van der Waals surface area contributed by atoms with Crippen LogP contribution in [0.4, 0.5) is 10.1 Å². The maximum Gasteiger partial charge on any atom is 0.252 e. The number of aromatic amines is 1. The zero-order valence-electron chi connectivity index (χ0n) is 18.6. The molecule has 3 aromatic rings. The number of aryl methyl sites for hydroxylation is 2. The molecule has 1 fully saturated rings. The topological polar surface area (TPSA) is 87.1 Å². The van der Waals surface area contributed by atoms with Gasteiger partial charge in [0, 0.05) is 50.1 Å². The van der Waals surface area contributed by atoms with Crippen LogP contribution < -0.4 is 10.5 Å². The first-order valence-corrected chi connectivity index (χ1v) is 10.7. The monoisotopic (exact) mass is 438 g/mol. The first-order chi connectivity index (χ1) is 15.3. The number of carbonyl (C=O) groups excluding carboxylic acids is 1. The van der Waals surface area contributed by atoms with Gasteiger partial charge in [0.05, 0.1) is 11.4 Å². The van der Waals surface area contributed by atoms with E-state index in [9.17, 15) is 14.0 Å². The zero-order valence-corrected chi connectivity index (χ0v) is 18.6. The molecule has 0 spiro atoms. The number of carbonyl (C=O) groups is 1. The van der Waals surface area contributed by atoms with Gasteiger partial charge in [0.1, 0.15) is 5.82 Å². The standard InChI is InChI=1S/C23H27FN6O2/c1-15-14-21(31)26-23(25-15)30-17(3)18(16(2)27-30)8-9-22(32)29-12-10-28(11-13-29)20-7-5-4-6-19(20)24/h4-7,14H,8-13H2,1-3H3,(H,25,26,31). The van der Waals surface area contributed by atoms with E-state index in [0.29, 0.717) is 56.4 Å². The molecule has 0 saturated carbocycles. The van der Waals surface area contributed by atoms with E-state index in [-0.39, 0.29) is 17.3 Å². The molecule has 9 heteroatoms. The number of benzene rings is 1. The molecule has 0 atom stereocenters. The Morgan fingerprint density at radius 1 is 1.12 bits per heavy atom. The number of nitrogens with one attached hydrogen (secondary N) is 1. The Morgan fingerprint density at radius 2 is 1.84 bits per heavy atom. The lowest BCUT2D eigenvalue weighted by Gasteiger charge is -2.36. The van der Waals surface area contributed by atoms with Gasteiger partial charge in [0.2, 0.25) is 11.9 Å². The SMILES string of the molecule is Cc1cc(=O)[nH]c(-n2nc(C)c(CCC(=O)N3CCN(c4ccccc4F)CC3)c2C)n1. The molecule has 32 heavy (non-hydrogen) atoms. The van der Waals surface area contributed by atoms with Crippen LogP contribution in [0, 0.1) is 26.6 Å². The van der Waals surface area contributed by atoms with Crippen LogP contribution in [0.15, 0.2) is 35.1 Å². The molecule has 1 saturated heterocycles. The van der Waals surface area contributed by atoms with E-state index in [4.69, 9.17) is 0 Å². The highest BCUT2D eigenvalue weighted by atomic mass is 19.1. The molecule has 1 aliphatic heterocycles. The Morgan fingerprint density at radius 3 is 2.53 bits per heavy atom. The van der Waals surface area contributed by atoms with Gasteiger partial charge >= 0.3 is 0 Å². The number of hydrogen-bond acceptors (Lipinski definition) is 5. The van der Waals surface area contributed by atoms with Gasteiger partial charge in [-0.25, -0.2) is 14.1 Å². The Balaban J connectivity index is 1.39. The molecule has 1 aromatic carbocycles. The molecule has 1 aliphatic rings. The van der Waals surface area contributed by atoms with Crippen LogP contribution in [0.1, 0.15) is 29.1 Å². The summed E-state index contributed by atoms with van der Waals surface area (Å²) in [7, 11) is 0. The normalized spacial score (nSPS) is 14.1. The van der Waals surface area contributed by atoms with Crippen molar-refractivity contribution in [1.82, 2.24) is 24.6 Å². The molecule has 2 aromatic heterocycles. The summed E-state index contributed by atoms with van der Waals surface area (Å²) in [5, 5.41) is 4.52. The lowest BCUT2D eigenvalue weighted by molar-refractivity contribution is -0.131. The summed E-state index contributed by atoms with van der Waals surface area (Å²) >= 11 is 0. The number of anilines is 1. The van der Waals surface area contributed by atoms with Gasteiger partial charge in [0.25, 0.3) is 5.56 Å². The molecule has 0 bridgehead atoms. The van der Waals surface area contributed by atoms with E-state index < -0.39 is 0 Å². The van der Waals surface area contributed by atoms with Crippen molar-refractivity contribution in [3.05, 3.63) is 69.1 Å². The molecule has 1 amide bonds. The Labute approximate surface area is 185 Å². The predicted octanol–water partition coefficient (Wildman–Crippen LogP) is 2.30. The summed E-state index contributed by atoms with van der Waals surface area (Å²) in [6, 6.07) is 8.16. The third-order valence-corrected chi connectivity index (χ3v) is 5.91. The lowest BCUT2D eigenvalue weighted by atomic mass is 10.1. The van der Waals surface area contributed by atoms with Crippen LogP contribution in [0.2, 0.25) is 0 Å². The van der Waals surface area contributed by atoms with Crippen molar-refractivity contribution in [1.29, 1.82) is 0 Å². The lowest BCUT2D eigenvalue weighted by Crippen LogP contribution is -2.49.